The molecule has 0 radical (unpaired) electrons. The van der Waals surface area contributed by atoms with E-state index >= 15 is 0 Å². The van der Waals surface area contributed by atoms with Gasteiger partial charge in [0.2, 0.25) is 0 Å². The number of carbonyl (C=O) groups excluding carboxylic acids is 1. The minimum absolute atomic E-state index is 0.0233. The van der Waals surface area contributed by atoms with Crippen LogP contribution in [-0.2, 0) is 9.84 Å². The van der Waals surface area contributed by atoms with Gasteiger partial charge in [-0.2, -0.15) is 0 Å². The summed E-state index contributed by atoms with van der Waals surface area (Å²) >= 11 is 0. The lowest BCUT2D eigenvalue weighted by Crippen LogP contribution is -2.63. The SMILES string of the molecule is CCCC1(O)CN(C(=O)c2cc(N)cc(S(C)(=O)=O)c2)C1. The van der Waals surface area contributed by atoms with Crippen molar-refractivity contribution in [2.24, 2.45) is 0 Å². The molecule has 1 saturated heterocycles. The zero-order valence-electron chi connectivity index (χ0n) is 12.2. The molecule has 1 aliphatic rings. The van der Waals surface area contributed by atoms with Crippen molar-refractivity contribution < 1.29 is 18.3 Å². The second-order valence-electron chi connectivity index (χ2n) is 5.70. The van der Waals surface area contributed by atoms with E-state index in [0.29, 0.717) is 6.42 Å². The fourth-order valence-electron chi connectivity index (χ4n) is 2.57. The summed E-state index contributed by atoms with van der Waals surface area (Å²) in [7, 11) is -3.43. The maximum atomic E-state index is 12.3. The number of β-amino-alcohol motifs (C(OH)–C–C–N with tert-alkyl or cyclic N) is 1. The highest BCUT2D eigenvalue weighted by molar-refractivity contribution is 7.90. The second kappa shape index (κ2) is 5.31. The molecular weight excluding hydrogens is 292 g/mol. The number of sulfone groups is 1. The lowest BCUT2D eigenvalue weighted by Gasteiger charge is -2.46. The summed E-state index contributed by atoms with van der Waals surface area (Å²) in [6, 6.07) is 4.11. The van der Waals surface area contributed by atoms with Crippen molar-refractivity contribution in [1.82, 2.24) is 4.90 Å². The lowest BCUT2D eigenvalue weighted by molar-refractivity contribution is -0.0860. The van der Waals surface area contributed by atoms with Gasteiger partial charge in [-0.25, -0.2) is 8.42 Å². The summed E-state index contributed by atoms with van der Waals surface area (Å²) in [5.41, 5.74) is 5.31. The molecule has 0 aromatic heterocycles. The quantitative estimate of drug-likeness (QED) is 0.795. The number of nitrogens with two attached hydrogens (primary N) is 1. The molecule has 0 spiro atoms. The number of hydrogen-bond donors (Lipinski definition) is 2. The van der Waals surface area contributed by atoms with E-state index in [2.05, 4.69) is 0 Å². The van der Waals surface area contributed by atoms with Crippen molar-refractivity contribution in [2.75, 3.05) is 25.1 Å². The van der Waals surface area contributed by atoms with Crippen LogP contribution in [-0.4, -0.2) is 49.3 Å². The number of benzene rings is 1. The molecule has 0 unspecified atom stereocenters. The molecule has 3 N–H and O–H groups in total. The van der Waals surface area contributed by atoms with E-state index in [1.807, 2.05) is 6.92 Å². The number of carbonyl (C=O) groups is 1. The molecule has 0 atom stereocenters. The Bertz CT molecular complexity index is 664. The Morgan fingerprint density at radius 1 is 1.38 bits per heavy atom. The van der Waals surface area contributed by atoms with E-state index in [1.54, 1.807) is 0 Å². The summed E-state index contributed by atoms with van der Waals surface area (Å²) in [5, 5.41) is 10.1. The molecule has 1 aromatic carbocycles. The number of amides is 1. The first-order valence-electron chi connectivity index (χ1n) is 6.77. The van der Waals surface area contributed by atoms with Crippen LogP contribution in [0, 0.1) is 0 Å². The molecule has 21 heavy (non-hydrogen) atoms. The molecule has 0 bridgehead atoms. The van der Waals surface area contributed by atoms with Crippen LogP contribution in [0.25, 0.3) is 0 Å². The summed E-state index contributed by atoms with van der Waals surface area (Å²) < 4.78 is 23.2. The van der Waals surface area contributed by atoms with E-state index in [-0.39, 0.29) is 35.1 Å². The Morgan fingerprint density at radius 3 is 2.52 bits per heavy atom. The predicted octanol–water partition coefficient (Wildman–Crippen LogP) is 0.659. The maximum absolute atomic E-state index is 12.3. The fraction of sp³-hybridized carbons (Fsp3) is 0.500. The molecule has 1 aromatic rings. The van der Waals surface area contributed by atoms with Gasteiger partial charge in [-0.1, -0.05) is 13.3 Å². The van der Waals surface area contributed by atoms with Crippen molar-refractivity contribution in [3.63, 3.8) is 0 Å². The van der Waals surface area contributed by atoms with E-state index < -0.39 is 15.4 Å². The predicted molar refractivity (Wildman–Crippen MR) is 79.7 cm³/mol. The first-order valence-corrected chi connectivity index (χ1v) is 8.66. The highest BCUT2D eigenvalue weighted by Gasteiger charge is 2.42. The molecule has 6 nitrogen and oxygen atoms in total. The number of aliphatic hydroxyl groups is 1. The molecule has 0 aliphatic carbocycles. The molecule has 1 amide bonds. The minimum atomic E-state index is -3.43. The molecule has 2 rings (SSSR count). The normalized spacial score (nSPS) is 17.4. The zero-order chi connectivity index (χ0) is 15.8. The Hall–Kier alpha value is -1.60. The second-order valence-corrected chi connectivity index (χ2v) is 7.71. The first kappa shape index (κ1) is 15.8. The molecule has 0 saturated carbocycles. The summed E-state index contributed by atoms with van der Waals surface area (Å²) in [4.78, 5) is 13.8. The van der Waals surface area contributed by atoms with Gasteiger partial charge in [0, 0.05) is 17.5 Å². The number of likely N-dealkylation sites (tertiary alicyclic amines) is 1. The highest BCUT2D eigenvalue weighted by Crippen LogP contribution is 2.28. The van der Waals surface area contributed by atoms with Gasteiger partial charge in [-0.3, -0.25) is 4.79 Å². The third kappa shape index (κ3) is 3.36. The molecule has 1 aliphatic heterocycles. The van der Waals surface area contributed by atoms with Gasteiger partial charge >= 0.3 is 0 Å². The van der Waals surface area contributed by atoms with Gasteiger partial charge in [0.05, 0.1) is 23.6 Å². The van der Waals surface area contributed by atoms with Crippen LogP contribution >= 0.6 is 0 Å². The number of nitrogens with zero attached hydrogens (tertiary/aromatic N) is 1. The van der Waals surface area contributed by atoms with E-state index in [9.17, 15) is 18.3 Å². The van der Waals surface area contributed by atoms with Crippen LogP contribution in [0.15, 0.2) is 23.1 Å². The minimum Gasteiger partial charge on any atom is -0.399 e. The monoisotopic (exact) mass is 312 g/mol. The average molecular weight is 312 g/mol. The Kier molecular flexibility index (Phi) is 3.99. The Morgan fingerprint density at radius 2 is 2.00 bits per heavy atom. The number of nitrogen functional groups attached to an aromatic ring is 1. The van der Waals surface area contributed by atoms with Gasteiger partial charge in [0.15, 0.2) is 9.84 Å². The fourth-order valence-corrected chi connectivity index (χ4v) is 3.26. The maximum Gasteiger partial charge on any atom is 0.254 e. The van der Waals surface area contributed by atoms with Crippen LogP contribution in [0.1, 0.15) is 30.1 Å². The standard InChI is InChI=1S/C14H20N2O4S/c1-3-4-14(18)8-16(9-14)13(17)10-5-11(15)7-12(6-10)21(2,19)20/h5-7,18H,3-4,8-9,15H2,1-2H3. The number of hydrogen-bond acceptors (Lipinski definition) is 5. The van der Waals surface area contributed by atoms with Gasteiger partial charge < -0.3 is 15.7 Å². The smallest absolute Gasteiger partial charge is 0.254 e. The van der Waals surface area contributed by atoms with Crippen molar-refractivity contribution in [3.8, 4) is 0 Å². The molecule has 116 valence electrons. The van der Waals surface area contributed by atoms with E-state index in [4.69, 9.17) is 5.73 Å². The topological polar surface area (TPSA) is 101 Å². The van der Waals surface area contributed by atoms with Gasteiger partial charge in [0.1, 0.15) is 0 Å². The first-order chi connectivity index (χ1) is 9.64. The zero-order valence-corrected chi connectivity index (χ0v) is 13.0. The van der Waals surface area contributed by atoms with Crippen LogP contribution in [0.4, 0.5) is 5.69 Å². The Labute approximate surface area is 124 Å². The molecular formula is C14H20N2O4S. The summed E-state index contributed by atoms with van der Waals surface area (Å²) in [6.07, 6.45) is 2.55. The largest absolute Gasteiger partial charge is 0.399 e. The van der Waals surface area contributed by atoms with E-state index in [0.717, 1.165) is 12.7 Å². The van der Waals surface area contributed by atoms with Crippen molar-refractivity contribution in [2.45, 2.75) is 30.3 Å². The van der Waals surface area contributed by atoms with Crippen LogP contribution in [0.3, 0.4) is 0 Å². The third-order valence-electron chi connectivity index (χ3n) is 3.58. The van der Waals surface area contributed by atoms with Gasteiger partial charge in [0.25, 0.3) is 5.91 Å². The lowest BCUT2D eigenvalue weighted by atomic mass is 9.89. The van der Waals surface area contributed by atoms with Crippen LogP contribution in [0.5, 0.6) is 0 Å². The van der Waals surface area contributed by atoms with E-state index in [1.165, 1.54) is 23.1 Å². The summed E-state index contributed by atoms with van der Waals surface area (Å²) in [6.45, 7) is 2.50. The highest BCUT2D eigenvalue weighted by atomic mass is 32.2. The number of rotatable bonds is 4. The molecule has 7 heteroatoms. The third-order valence-corrected chi connectivity index (χ3v) is 4.67. The van der Waals surface area contributed by atoms with Crippen LogP contribution < -0.4 is 5.73 Å². The average Bonchev–Trinajstić information content (AvgIpc) is 2.33. The molecule has 1 heterocycles. The van der Waals surface area contributed by atoms with Gasteiger partial charge in [-0.15, -0.1) is 0 Å². The van der Waals surface area contributed by atoms with Crippen molar-refractivity contribution in [3.05, 3.63) is 23.8 Å². The number of anilines is 1. The van der Waals surface area contributed by atoms with Crippen molar-refractivity contribution in [1.29, 1.82) is 0 Å². The summed E-state index contributed by atoms with van der Waals surface area (Å²) in [5.74, 6) is -0.312. The molecule has 1 fully saturated rings. The Balaban J connectivity index is 2.20. The van der Waals surface area contributed by atoms with Crippen LogP contribution in [0.2, 0.25) is 0 Å². The van der Waals surface area contributed by atoms with Crippen molar-refractivity contribution >= 4 is 21.4 Å². The van der Waals surface area contributed by atoms with Gasteiger partial charge in [-0.05, 0) is 24.6 Å².